The van der Waals surface area contributed by atoms with E-state index in [-0.39, 0.29) is 23.3 Å². The third-order valence-electron chi connectivity index (χ3n) is 7.39. The molecule has 3 aromatic rings. The molecule has 6 rings (SSSR count). The Balaban J connectivity index is 1.41. The van der Waals surface area contributed by atoms with Crippen molar-refractivity contribution in [2.75, 3.05) is 7.11 Å². The fraction of sp³-hybridized carbons (Fsp3) is 0.440. The summed E-state index contributed by atoms with van der Waals surface area (Å²) in [6.45, 7) is 0. The highest BCUT2D eigenvalue weighted by Crippen LogP contribution is 2.46. The number of amides is 2. The van der Waals surface area contributed by atoms with Crippen LogP contribution in [0.1, 0.15) is 56.0 Å². The SMILES string of the molecule is COc1cc(F)c(CC(NC(=O)NC23CCC(O)(CC2)CC3)c2nc3ccccc3[nH]2)c(F)c1. The number of halogens is 2. The Bertz CT molecular complexity index is 1150. The van der Waals surface area contributed by atoms with Crippen LogP contribution < -0.4 is 15.4 Å². The number of para-hydroxylation sites is 2. The molecular weight excluding hydrogens is 442 g/mol. The predicted octanol–water partition coefficient (Wildman–Crippen LogP) is 4.27. The lowest BCUT2D eigenvalue weighted by atomic mass is 9.63. The molecule has 2 bridgehead atoms. The molecule has 9 heteroatoms. The number of nitrogens with one attached hydrogen (secondary N) is 3. The maximum Gasteiger partial charge on any atom is 0.315 e. The molecular formula is C25H28F2N4O3. The highest BCUT2D eigenvalue weighted by molar-refractivity contribution is 5.77. The Morgan fingerprint density at radius 1 is 1.15 bits per heavy atom. The van der Waals surface area contributed by atoms with E-state index in [2.05, 4.69) is 20.6 Å². The summed E-state index contributed by atoms with van der Waals surface area (Å²) in [7, 11) is 1.34. The number of fused-ring (bicyclic) bond motifs is 4. The van der Waals surface area contributed by atoms with Crippen LogP contribution >= 0.6 is 0 Å². The molecule has 3 saturated carbocycles. The summed E-state index contributed by atoms with van der Waals surface area (Å²) in [4.78, 5) is 20.8. The smallest absolute Gasteiger partial charge is 0.315 e. The summed E-state index contributed by atoms with van der Waals surface area (Å²) in [6.07, 6.45) is 3.94. The van der Waals surface area contributed by atoms with Crippen molar-refractivity contribution in [3.05, 3.63) is 59.4 Å². The summed E-state index contributed by atoms with van der Waals surface area (Å²) >= 11 is 0. The van der Waals surface area contributed by atoms with E-state index in [4.69, 9.17) is 4.74 Å². The number of urea groups is 1. The number of benzene rings is 2. The molecule has 1 heterocycles. The number of H-pyrrole nitrogens is 1. The summed E-state index contributed by atoms with van der Waals surface area (Å²) in [5, 5.41) is 16.4. The third-order valence-corrected chi connectivity index (χ3v) is 7.39. The van der Waals surface area contributed by atoms with Gasteiger partial charge in [-0.1, -0.05) is 12.1 Å². The monoisotopic (exact) mass is 470 g/mol. The molecule has 34 heavy (non-hydrogen) atoms. The summed E-state index contributed by atoms with van der Waals surface area (Å²) < 4.78 is 34.4. The zero-order chi connectivity index (χ0) is 23.9. The van der Waals surface area contributed by atoms with E-state index in [1.165, 1.54) is 7.11 Å². The number of rotatable bonds is 6. The van der Waals surface area contributed by atoms with Gasteiger partial charge in [0.2, 0.25) is 0 Å². The van der Waals surface area contributed by atoms with Gasteiger partial charge in [-0.25, -0.2) is 18.6 Å². The molecule has 1 aromatic heterocycles. The minimum atomic E-state index is -0.801. The highest BCUT2D eigenvalue weighted by Gasteiger charge is 2.48. The van der Waals surface area contributed by atoms with Crippen molar-refractivity contribution >= 4 is 17.1 Å². The van der Waals surface area contributed by atoms with Crippen molar-refractivity contribution in [2.45, 2.75) is 62.1 Å². The summed E-state index contributed by atoms with van der Waals surface area (Å²) in [5.74, 6) is -1.02. The molecule has 3 fully saturated rings. The molecule has 0 aliphatic heterocycles. The number of aromatic nitrogens is 2. The molecule has 2 amide bonds. The van der Waals surface area contributed by atoms with E-state index >= 15 is 0 Å². The van der Waals surface area contributed by atoms with Crippen LogP contribution in [0.15, 0.2) is 36.4 Å². The number of aromatic amines is 1. The standard InChI is InChI=1S/C25H28F2N4O3/c1-34-15-12-17(26)16(18(27)13-15)14-21(22-28-19-4-2-3-5-20(19)29-22)30-23(32)31-24-6-9-25(33,10-7-24)11-8-24/h2-5,12-13,21,33H,6-11,14H2,1H3,(H,28,29)(H2,30,31,32). The first kappa shape index (κ1) is 22.6. The molecule has 3 aliphatic rings. The van der Waals surface area contributed by atoms with Crippen molar-refractivity contribution in [3.63, 3.8) is 0 Å². The van der Waals surface area contributed by atoms with Crippen molar-refractivity contribution < 1.29 is 23.4 Å². The van der Waals surface area contributed by atoms with Gasteiger partial charge in [0, 0.05) is 29.7 Å². The molecule has 4 N–H and O–H groups in total. The fourth-order valence-electron chi connectivity index (χ4n) is 5.24. The van der Waals surface area contributed by atoms with Gasteiger partial charge in [-0.3, -0.25) is 0 Å². The molecule has 0 saturated heterocycles. The van der Waals surface area contributed by atoms with Crippen LogP contribution in [0, 0.1) is 11.6 Å². The molecule has 1 atom stereocenters. The Morgan fingerprint density at radius 3 is 2.41 bits per heavy atom. The number of methoxy groups -OCH3 is 1. The van der Waals surface area contributed by atoms with Crippen LogP contribution in [0.3, 0.4) is 0 Å². The number of hydrogen-bond acceptors (Lipinski definition) is 4. The zero-order valence-electron chi connectivity index (χ0n) is 19.0. The van der Waals surface area contributed by atoms with E-state index in [0.717, 1.165) is 17.6 Å². The molecule has 0 spiro atoms. The number of carbonyl (C=O) groups excluding carboxylic acids is 1. The van der Waals surface area contributed by atoms with Crippen molar-refractivity contribution in [1.29, 1.82) is 0 Å². The van der Waals surface area contributed by atoms with Gasteiger partial charge in [-0.2, -0.15) is 0 Å². The summed E-state index contributed by atoms with van der Waals surface area (Å²) in [5.41, 5.74) is 0.310. The van der Waals surface area contributed by atoms with Crippen LogP contribution in [0.25, 0.3) is 11.0 Å². The molecule has 0 radical (unpaired) electrons. The lowest BCUT2D eigenvalue weighted by Gasteiger charge is -2.51. The van der Waals surface area contributed by atoms with E-state index in [0.29, 0.717) is 49.9 Å². The van der Waals surface area contributed by atoms with Gasteiger partial charge < -0.3 is 25.5 Å². The second-order valence-corrected chi connectivity index (χ2v) is 9.57. The second kappa shape index (κ2) is 8.54. The van der Waals surface area contributed by atoms with Gasteiger partial charge >= 0.3 is 6.03 Å². The van der Waals surface area contributed by atoms with Crippen molar-refractivity contribution in [3.8, 4) is 5.75 Å². The average Bonchev–Trinajstić information content (AvgIpc) is 3.26. The average molecular weight is 471 g/mol. The lowest BCUT2D eigenvalue weighted by molar-refractivity contribution is -0.0694. The van der Waals surface area contributed by atoms with E-state index in [9.17, 15) is 18.7 Å². The number of imidazole rings is 1. The Kier molecular flexibility index (Phi) is 5.67. The van der Waals surface area contributed by atoms with Crippen molar-refractivity contribution in [1.82, 2.24) is 20.6 Å². The van der Waals surface area contributed by atoms with Crippen LogP contribution in [0.5, 0.6) is 5.75 Å². The normalized spacial score (nSPS) is 24.7. The van der Waals surface area contributed by atoms with Crippen LogP contribution in [-0.2, 0) is 6.42 Å². The maximum atomic E-state index is 14.7. The number of carbonyl (C=O) groups is 1. The molecule has 2 aromatic carbocycles. The van der Waals surface area contributed by atoms with Crippen LogP contribution in [-0.4, -0.2) is 39.4 Å². The van der Waals surface area contributed by atoms with Crippen LogP contribution in [0.2, 0.25) is 0 Å². The van der Waals surface area contributed by atoms with Gasteiger partial charge in [0.05, 0.1) is 29.8 Å². The third kappa shape index (κ3) is 4.32. The Labute approximate surface area is 195 Å². The van der Waals surface area contributed by atoms with Gasteiger partial charge in [-0.05, 0) is 50.7 Å². The molecule has 3 aliphatic carbocycles. The zero-order valence-corrected chi connectivity index (χ0v) is 19.0. The van der Waals surface area contributed by atoms with E-state index < -0.39 is 29.3 Å². The quantitative estimate of drug-likeness (QED) is 0.432. The summed E-state index contributed by atoms with van der Waals surface area (Å²) in [6, 6.07) is 8.40. The fourth-order valence-corrected chi connectivity index (χ4v) is 5.24. The van der Waals surface area contributed by atoms with E-state index in [1.54, 1.807) is 0 Å². The van der Waals surface area contributed by atoms with Crippen LogP contribution in [0.4, 0.5) is 13.6 Å². The Morgan fingerprint density at radius 2 is 1.79 bits per heavy atom. The van der Waals surface area contributed by atoms with E-state index in [1.807, 2.05) is 24.3 Å². The number of aliphatic hydroxyl groups is 1. The first-order valence-corrected chi connectivity index (χ1v) is 11.6. The largest absolute Gasteiger partial charge is 0.497 e. The highest BCUT2D eigenvalue weighted by atomic mass is 19.1. The lowest BCUT2D eigenvalue weighted by Crippen LogP contribution is -2.60. The van der Waals surface area contributed by atoms with Gasteiger partial charge in [0.25, 0.3) is 0 Å². The number of ether oxygens (including phenoxy) is 1. The molecule has 7 nitrogen and oxygen atoms in total. The number of nitrogens with zero attached hydrogens (tertiary/aromatic N) is 1. The first-order valence-electron chi connectivity index (χ1n) is 11.6. The van der Waals surface area contributed by atoms with Gasteiger partial charge in [0.15, 0.2) is 0 Å². The minimum absolute atomic E-state index is 0.0818. The minimum Gasteiger partial charge on any atom is -0.497 e. The Hall–Kier alpha value is -3.20. The van der Waals surface area contributed by atoms with Gasteiger partial charge in [0.1, 0.15) is 23.2 Å². The number of hydrogen-bond donors (Lipinski definition) is 4. The topological polar surface area (TPSA) is 99.3 Å². The first-order chi connectivity index (χ1) is 16.3. The second-order valence-electron chi connectivity index (χ2n) is 9.57. The van der Waals surface area contributed by atoms with Crippen molar-refractivity contribution in [2.24, 2.45) is 0 Å². The predicted molar refractivity (Wildman–Crippen MR) is 122 cm³/mol. The molecule has 1 unspecified atom stereocenters. The molecule has 180 valence electrons. The van der Waals surface area contributed by atoms with Gasteiger partial charge in [-0.15, -0.1) is 0 Å². The maximum absolute atomic E-state index is 14.7.